The van der Waals surface area contributed by atoms with Gasteiger partial charge in [0.25, 0.3) is 11.8 Å². The molecule has 1 fully saturated rings. The van der Waals surface area contributed by atoms with E-state index in [-0.39, 0.29) is 18.0 Å². The van der Waals surface area contributed by atoms with Crippen molar-refractivity contribution in [2.45, 2.75) is 13.5 Å². The number of benzene rings is 3. The SMILES string of the molecule is COc1cc(/C=C2/C(=O)NC(=O)N(c3ccc(Br)cc3C)C2=O)cc(I)c1OCc1ccc(F)cc1. The second-order valence-electron chi connectivity index (χ2n) is 7.84. The Balaban J connectivity index is 1.65. The Hall–Kier alpha value is -3.25. The van der Waals surface area contributed by atoms with Crippen LogP contribution in [0.2, 0.25) is 0 Å². The van der Waals surface area contributed by atoms with Crippen LogP contribution in [0, 0.1) is 16.3 Å². The number of carbonyl (C=O) groups excluding carboxylic acids is 3. The highest BCUT2D eigenvalue weighted by molar-refractivity contribution is 14.1. The molecule has 0 aliphatic carbocycles. The van der Waals surface area contributed by atoms with E-state index in [9.17, 15) is 18.8 Å². The van der Waals surface area contributed by atoms with Crippen molar-refractivity contribution in [2.24, 2.45) is 0 Å². The molecule has 3 aromatic carbocycles. The van der Waals surface area contributed by atoms with Crippen molar-refractivity contribution >= 4 is 68.1 Å². The predicted octanol–water partition coefficient (Wildman–Crippen LogP) is 5.76. The number of rotatable bonds is 6. The summed E-state index contributed by atoms with van der Waals surface area (Å²) in [5.74, 6) is -1.01. The van der Waals surface area contributed by atoms with E-state index in [0.717, 1.165) is 14.9 Å². The molecule has 1 aliphatic heterocycles. The number of hydrogen-bond acceptors (Lipinski definition) is 5. The third kappa shape index (κ3) is 5.44. The molecule has 0 aromatic heterocycles. The van der Waals surface area contributed by atoms with Gasteiger partial charge < -0.3 is 9.47 Å². The first-order valence-corrected chi connectivity index (χ1v) is 12.5. The number of nitrogens with zero attached hydrogens (tertiary/aromatic N) is 1. The van der Waals surface area contributed by atoms with Crippen molar-refractivity contribution in [2.75, 3.05) is 12.0 Å². The molecule has 1 aliphatic rings. The number of ether oxygens (including phenoxy) is 2. The number of hydrogen-bond donors (Lipinski definition) is 1. The average Bonchev–Trinajstić information content (AvgIpc) is 2.83. The summed E-state index contributed by atoms with van der Waals surface area (Å²) in [6.45, 7) is 1.95. The normalized spacial score (nSPS) is 14.8. The predicted molar refractivity (Wildman–Crippen MR) is 144 cm³/mol. The Morgan fingerprint density at radius 1 is 1.08 bits per heavy atom. The number of carbonyl (C=O) groups is 3. The molecule has 0 spiro atoms. The van der Waals surface area contributed by atoms with Gasteiger partial charge >= 0.3 is 6.03 Å². The smallest absolute Gasteiger partial charge is 0.335 e. The minimum absolute atomic E-state index is 0.192. The van der Waals surface area contributed by atoms with Crippen molar-refractivity contribution < 1.29 is 28.2 Å². The number of nitrogens with one attached hydrogen (secondary N) is 1. The Morgan fingerprint density at radius 3 is 2.47 bits per heavy atom. The standard InChI is InChI=1S/C26H19BrFIN2O5/c1-14-9-17(27)5-8-21(14)31-25(33)19(24(32)30-26(31)34)10-16-11-20(29)23(22(12-16)35-2)36-13-15-3-6-18(28)7-4-15/h3-12H,13H2,1-2H3,(H,30,32,34)/b19-10-. The quantitative estimate of drug-likeness (QED) is 0.206. The molecule has 4 amide bonds. The molecular formula is C26H19BrFIN2O5. The van der Waals surface area contributed by atoms with Gasteiger partial charge in [-0.05, 0) is 94.7 Å². The highest BCUT2D eigenvalue weighted by Gasteiger charge is 2.37. The molecule has 0 radical (unpaired) electrons. The van der Waals surface area contributed by atoms with Crippen LogP contribution in [0.25, 0.3) is 6.08 Å². The number of imide groups is 2. The third-order valence-corrected chi connectivity index (χ3v) is 6.66. The van der Waals surface area contributed by atoms with E-state index in [1.165, 1.54) is 25.3 Å². The summed E-state index contributed by atoms with van der Waals surface area (Å²) in [6, 6.07) is 13.6. The largest absolute Gasteiger partial charge is 0.493 e. The van der Waals surface area contributed by atoms with Crippen LogP contribution >= 0.6 is 38.5 Å². The van der Waals surface area contributed by atoms with Crippen molar-refractivity contribution in [1.29, 1.82) is 0 Å². The maximum absolute atomic E-state index is 13.3. The topological polar surface area (TPSA) is 84.9 Å². The van der Waals surface area contributed by atoms with Crippen LogP contribution in [-0.4, -0.2) is 25.0 Å². The number of amides is 4. The fourth-order valence-corrected chi connectivity index (χ4v) is 4.87. The van der Waals surface area contributed by atoms with Crippen molar-refractivity contribution in [3.05, 3.63) is 90.7 Å². The maximum Gasteiger partial charge on any atom is 0.335 e. The van der Waals surface area contributed by atoms with E-state index in [1.54, 1.807) is 49.4 Å². The molecule has 36 heavy (non-hydrogen) atoms. The Bertz CT molecular complexity index is 1410. The molecule has 1 N–H and O–H groups in total. The molecule has 10 heteroatoms. The zero-order valence-corrected chi connectivity index (χ0v) is 22.8. The van der Waals surface area contributed by atoms with E-state index >= 15 is 0 Å². The van der Waals surface area contributed by atoms with Crippen LogP contribution in [0.5, 0.6) is 11.5 Å². The van der Waals surface area contributed by atoms with Crippen LogP contribution in [0.1, 0.15) is 16.7 Å². The first-order valence-electron chi connectivity index (χ1n) is 10.6. The molecule has 184 valence electrons. The number of aryl methyl sites for hydroxylation is 1. The third-order valence-electron chi connectivity index (χ3n) is 5.36. The summed E-state index contributed by atoms with van der Waals surface area (Å²) in [7, 11) is 1.47. The second kappa shape index (κ2) is 10.8. The van der Waals surface area contributed by atoms with E-state index in [2.05, 4.69) is 43.8 Å². The lowest BCUT2D eigenvalue weighted by atomic mass is 10.1. The first-order chi connectivity index (χ1) is 17.2. The minimum atomic E-state index is -0.815. The monoisotopic (exact) mass is 664 g/mol. The highest BCUT2D eigenvalue weighted by Crippen LogP contribution is 2.36. The van der Waals surface area contributed by atoms with Crippen LogP contribution in [0.15, 0.2) is 64.6 Å². The Morgan fingerprint density at radius 2 is 1.81 bits per heavy atom. The summed E-state index contributed by atoms with van der Waals surface area (Å²) >= 11 is 5.43. The molecule has 4 rings (SSSR count). The number of barbiturate groups is 1. The number of urea groups is 1. The van der Waals surface area contributed by atoms with Gasteiger partial charge in [0, 0.05) is 4.47 Å². The van der Waals surface area contributed by atoms with Gasteiger partial charge in [0.2, 0.25) is 0 Å². The molecular weight excluding hydrogens is 646 g/mol. The molecule has 1 saturated heterocycles. The van der Waals surface area contributed by atoms with Gasteiger partial charge in [0.05, 0.1) is 16.4 Å². The Labute approximate surface area is 228 Å². The minimum Gasteiger partial charge on any atom is -0.493 e. The van der Waals surface area contributed by atoms with Crippen LogP contribution in [-0.2, 0) is 16.2 Å². The molecule has 1 heterocycles. The fourth-order valence-electron chi connectivity index (χ4n) is 3.61. The van der Waals surface area contributed by atoms with E-state index in [0.29, 0.717) is 31.9 Å². The first kappa shape index (κ1) is 25.8. The van der Waals surface area contributed by atoms with Crippen molar-refractivity contribution in [3.63, 3.8) is 0 Å². The molecule has 0 atom stereocenters. The summed E-state index contributed by atoms with van der Waals surface area (Å²) in [6.07, 6.45) is 1.40. The van der Waals surface area contributed by atoms with Gasteiger partial charge in [-0.1, -0.05) is 28.1 Å². The van der Waals surface area contributed by atoms with Gasteiger partial charge in [-0.2, -0.15) is 0 Å². The molecule has 0 saturated carbocycles. The number of methoxy groups -OCH3 is 1. The number of halogens is 3. The Kier molecular flexibility index (Phi) is 7.74. The van der Waals surface area contributed by atoms with Gasteiger partial charge in [0.1, 0.15) is 18.0 Å². The van der Waals surface area contributed by atoms with Crippen molar-refractivity contribution in [3.8, 4) is 11.5 Å². The second-order valence-corrected chi connectivity index (χ2v) is 9.92. The van der Waals surface area contributed by atoms with Crippen LogP contribution in [0.4, 0.5) is 14.9 Å². The molecule has 3 aromatic rings. The zero-order valence-electron chi connectivity index (χ0n) is 19.1. The summed E-state index contributed by atoms with van der Waals surface area (Å²) in [5.41, 5.74) is 2.13. The van der Waals surface area contributed by atoms with Gasteiger partial charge in [-0.15, -0.1) is 0 Å². The lowest BCUT2D eigenvalue weighted by molar-refractivity contribution is -0.122. The summed E-state index contributed by atoms with van der Waals surface area (Å²) in [5, 5.41) is 2.23. The van der Waals surface area contributed by atoms with Gasteiger partial charge in [-0.3, -0.25) is 14.9 Å². The van der Waals surface area contributed by atoms with E-state index in [4.69, 9.17) is 9.47 Å². The molecule has 0 bridgehead atoms. The maximum atomic E-state index is 13.3. The lowest BCUT2D eigenvalue weighted by Gasteiger charge is -2.27. The number of anilines is 1. The zero-order chi connectivity index (χ0) is 26.0. The summed E-state index contributed by atoms with van der Waals surface area (Å²) < 4.78 is 26.0. The van der Waals surface area contributed by atoms with Gasteiger partial charge in [-0.25, -0.2) is 14.1 Å². The molecule has 0 unspecified atom stereocenters. The van der Waals surface area contributed by atoms with Crippen LogP contribution in [0.3, 0.4) is 0 Å². The lowest BCUT2D eigenvalue weighted by Crippen LogP contribution is -2.54. The van der Waals surface area contributed by atoms with Crippen LogP contribution < -0.4 is 19.7 Å². The van der Waals surface area contributed by atoms with E-state index < -0.39 is 17.8 Å². The van der Waals surface area contributed by atoms with Gasteiger partial charge in [0.15, 0.2) is 11.5 Å². The molecule has 7 nitrogen and oxygen atoms in total. The van der Waals surface area contributed by atoms with E-state index in [1.807, 2.05) is 0 Å². The highest BCUT2D eigenvalue weighted by atomic mass is 127. The average molecular weight is 665 g/mol. The fraction of sp³-hybridized carbons (Fsp3) is 0.115. The van der Waals surface area contributed by atoms with Crippen molar-refractivity contribution in [1.82, 2.24) is 5.32 Å². The summed E-state index contributed by atoms with van der Waals surface area (Å²) in [4.78, 5) is 39.3.